The lowest BCUT2D eigenvalue weighted by atomic mass is 10.1. The van der Waals surface area contributed by atoms with Crippen molar-refractivity contribution >= 4 is 25.6 Å². The van der Waals surface area contributed by atoms with Crippen LogP contribution in [0.1, 0.15) is 29.8 Å². The van der Waals surface area contributed by atoms with Crippen molar-refractivity contribution in [2.45, 2.75) is 25.7 Å². The average Bonchev–Trinajstić information content (AvgIpc) is 2.34. The molecule has 0 atom stereocenters. The van der Waals surface area contributed by atoms with Gasteiger partial charge in [0.15, 0.2) is 0 Å². The largest absolute Gasteiger partial charge is 0.335 e. The Morgan fingerprint density at radius 1 is 1.40 bits per heavy atom. The summed E-state index contributed by atoms with van der Waals surface area (Å²) in [6.07, 6.45) is 0. The van der Waals surface area contributed by atoms with Gasteiger partial charge in [-0.15, -0.1) is 0 Å². The van der Waals surface area contributed by atoms with Gasteiger partial charge in [-0.25, -0.2) is 8.42 Å². The van der Waals surface area contributed by atoms with Crippen molar-refractivity contribution in [2.24, 2.45) is 0 Å². The highest BCUT2D eigenvalue weighted by Gasteiger charge is 2.19. The zero-order chi connectivity index (χ0) is 15.5. The third-order valence-corrected chi connectivity index (χ3v) is 4.20. The second-order valence-electron chi connectivity index (χ2n) is 4.69. The van der Waals surface area contributed by atoms with Gasteiger partial charge in [0, 0.05) is 29.3 Å². The Morgan fingerprint density at radius 2 is 2.00 bits per heavy atom. The first-order valence-electron chi connectivity index (χ1n) is 6.15. The van der Waals surface area contributed by atoms with Gasteiger partial charge in [-0.2, -0.15) is 0 Å². The van der Waals surface area contributed by atoms with Gasteiger partial charge < -0.3 is 4.90 Å². The normalized spacial score (nSPS) is 11.2. The standard InChI is InChI=1S/C14H18ClNO3S/c1-5-16(9-10(2)3)14(17)13-8-12(20(15,18)19)7-6-11(13)4/h6-8H,2,5,9H2,1,3-4H3. The summed E-state index contributed by atoms with van der Waals surface area (Å²) in [7, 11) is 1.47. The van der Waals surface area contributed by atoms with E-state index in [1.807, 2.05) is 13.8 Å². The molecule has 6 heteroatoms. The maximum Gasteiger partial charge on any atom is 0.261 e. The van der Waals surface area contributed by atoms with Gasteiger partial charge >= 0.3 is 0 Å². The lowest BCUT2D eigenvalue weighted by Gasteiger charge is -2.22. The molecule has 0 aromatic heterocycles. The van der Waals surface area contributed by atoms with Crippen LogP contribution >= 0.6 is 10.7 Å². The number of hydrogen-bond donors (Lipinski definition) is 0. The number of hydrogen-bond acceptors (Lipinski definition) is 3. The van der Waals surface area contributed by atoms with E-state index < -0.39 is 9.05 Å². The molecule has 0 bridgehead atoms. The van der Waals surface area contributed by atoms with E-state index in [4.69, 9.17) is 10.7 Å². The minimum absolute atomic E-state index is 0.0699. The summed E-state index contributed by atoms with van der Waals surface area (Å²) >= 11 is 0. The summed E-state index contributed by atoms with van der Waals surface area (Å²) in [6, 6.07) is 4.29. The Labute approximate surface area is 124 Å². The number of amides is 1. The minimum Gasteiger partial charge on any atom is -0.335 e. The molecule has 1 amide bonds. The van der Waals surface area contributed by atoms with Crippen molar-refractivity contribution < 1.29 is 13.2 Å². The van der Waals surface area contributed by atoms with E-state index in [0.717, 1.165) is 5.57 Å². The van der Waals surface area contributed by atoms with Crippen LogP contribution in [0.4, 0.5) is 0 Å². The molecule has 1 rings (SSSR count). The van der Waals surface area contributed by atoms with E-state index in [1.54, 1.807) is 17.9 Å². The van der Waals surface area contributed by atoms with Crippen molar-refractivity contribution in [1.29, 1.82) is 0 Å². The molecule has 0 spiro atoms. The van der Waals surface area contributed by atoms with E-state index >= 15 is 0 Å². The van der Waals surface area contributed by atoms with Gasteiger partial charge in [0.2, 0.25) is 0 Å². The van der Waals surface area contributed by atoms with Crippen LogP contribution in [0.15, 0.2) is 35.2 Å². The van der Waals surface area contributed by atoms with E-state index in [2.05, 4.69) is 6.58 Å². The fourth-order valence-corrected chi connectivity index (χ4v) is 2.58. The lowest BCUT2D eigenvalue weighted by molar-refractivity contribution is 0.0777. The number of rotatable bonds is 5. The molecule has 0 radical (unpaired) electrons. The van der Waals surface area contributed by atoms with Crippen LogP contribution in [0.3, 0.4) is 0 Å². The fraction of sp³-hybridized carbons (Fsp3) is 0.357. The van der Waals surface area contributed by atoms with E-state index in [1.165, 1.54) is 12.1 Å². The first-order valence-corrected chi connectivity index (χ1v) is 8.46. The summed E-state index contributed by atoms with van der Waals surface area (Å²) in [4.78, 5) is 14.0. The average molecular weight is 316 g/mol. The number of carbonyl (C=O) groups excluding carboxylic acids is 1. The molecule has 0 aliphatic heterocycles. The molecule has 20 heavy (non-hydrogen) atoms. The monoisotopic (exact) mass is 315 g/mol. The van der Waals surface area contributed by atoms with E-state index in [-0.39, 0.29) is 10.8 Å². The Morgan fingerprint density at radius 3 is 2.45 bits per heavy atom. The molecule has 0 N–H and O–H groups in total. The third kappa shape index (κ3) is 4.08. The summed E-state index contributed by atoms with van der Waals surface area (Å²) in [6.45, 7) is 10.2. The first-order chi connectivity index (χ1) is 9.16. The number of halogens is 1. The van der Waals surface area contributed by atoms with Gasteiger partial charge in [-0.1, -0.05) is 18.2 Å². The van der Waals surface area contributed by atoms with Gasteiger partial charge in [-0.05, 0) is 38.5 Å². The summed E-state index contributed by atoms with van der Waals surface area (Å²) in [5, 5.41) is 0. The second-order valence-corrected chi connectivity index (χ2v) is 7.26. The van der Waals surface area contributed by atoms with E-state index in [0.29, 0.717) is 24.2 Å². The summed E-state index contributed by atoms with van der Waals surface area (Å²) in [5.41, 5.74) is 1.91. The van der Waals surface area contributed by atoms with Gasteiger partial charge in [0.25, 0.3) is 15.0 Å². The molecular formula is C14H18ClNO3S. The van der Waals surface area contributed by atoms with Crippen molar-refractivity contribution in [3.05, 3.63) is 41.5 Å². The molecule has 110 valence electrons. The molecule has 0 heterocycles. The van der Waals surface area contributed by atoms with Crippen LogP contribution in [-0.4, -0.2) is 32.3 Å². The van der Waals surface area contributed by atoms with Crippen LogP contribution < -0.4 is 0 Å². The quantitative estimate of drug-likeness (QED) is 0.620. The molecule has 0 saturated heterocycles. The zero-order valence-corrected chi connectivity index (χ0v) is 13.4. The van der Waals surface area contributed by atoms with Gasteiger partial charge in [0.05, 0.1) is 4.90 Å². The highest BCUT2D eigenvalue weighted by Crippen LogP contribution is 2.20. The topological polar surface area (TPSA) is 54.5 Å². The van der Waals surface area contributed by atoms with Crippen LogP contribution in [0, 0.1) is 6.92 Å². The highest BCUT2D eigenvalue weighted by atomic mass is 35.7. The van der Waals surface area contributed by atoms with E-state index in [9.17, 15) is 13.2 Å². The highest BCUT2D eigenvalue weighted by molar-refractivity contribution is 8.13. The Balaban J connectivity index is 3.24. The smallest absolute Gasteiger partial charge is 0.261 e. The maximum atomic E-state index is 12.5. The van der Waals surface area contributed by atoms with Crippen LogP contribution in [-0.2, 0) is 9.05 Å². The van der Waals surface area contributed by atoms with Crippen LogP contribution in [0.2, 0.25) is 0 Å². The van der Waals surface area contributed by atoms with Gasteiger partial charge in [0.1, 0.15) is 0 Å². The fourth-order valence-electron chi connectivity index (χ4n) is 1.81. The number of likely N-dealkylation sites (N-methyl/N-ethyl adjacent to an activating group) is 1. The van der Waals surface area contributed by atoms with Crippen molar-refractivity contribution in [3.63, 3.8) is 0 Å². The second kappa shape index (κ2) is 6.41. The Hall–Kier alpha value is -1.33. The molecule has 4 nitrogen and oxygen atoms in total. The molecule has 1 aromatic rings. The molecular weight excluding hydrogens is 298 g/mol. The SMILES string of the molecule is C=C(C)CN(CC)C(=O)c1cc(S(=O)(=O)Cl)ccc1C. The number of carbonyl (C=O) groups is 1. The molecule has 0 fully saturated rings. The molecule has 0 aliphatic carbocycles. The number of nitrogens with zero attached hydrogens (tertiary/aromatic N) is 1. The Kier molecular flexibility index (Phi) is 5.36. The van der Waals surface area contributed by atoms with Gasteiger partial charge in [-0.3, -0.25) is 4.79 Å². The molecule has 0 aliphatic rings. The van der Waals surface area contributed by atoms with Crippen LogP contribution in [0.25, 0.3) is 0 Å². The maximum absolute atomic E-state index is 12.5. The number of aryl methyl sites for hydroxylation is 1. The van der Waals surface area contributed by atoms with Crippen molar-refractivity contribution in [3.8, 4) is 0 Å². The van der Waals surface area contributed by atoms with Crippen LogP contribution in [0.5, 0.6) is 0 Å². The zero-order valence-electron chi connectivity index (χ0n) is 11.8. The molecule has 0 unspecified atom stereocenters. The first kappa shape index (κ1) is 16.7. The number of benzene rings is 1. The molecule has 1 aromatic carbocycles. The molecule has 0 saturated carbocycles. The third-order valence-electron chi connectivity index (χ3n) is 2.85. The predicted molar refractivity (Wildman–Crippen MR) is 80.6 cm³/mol. The summed E-state index contributed by atoms with van der Waals surface area (Å²) in [5.74, 6) is -0.227. The predicted octanol–water partition coefficient (Wildman–Crippen LogP) is 2.96. The summed E-state index contributed by atoms with van der Waals surface area (Å²) < 4.78 is 22.7. The van der Waals surface area contributed by atoms with Crippen molar-refractivity contribution in [1.82, 2.24) is 4.90 Å². The van der Waals surface area contributed by atoms with Crippen molar-refractivity contribution in [2.75, 3.05) is 13.1 Å². The Bertz CT molecular complexity index is 638. The lowest BCUT2D eigenvalue weighted by Crippen LogP contribution is -2.32. The minimum atomic E-state index is -3.85.